The van der Waals surface area contributed by atoms with E-state index < -0.39 is 5.97 Å². The van der Waals surface area contributed by atoms with Gasteiger partial charge in [-0.15, -0.1) is 0 Å². The lowest BCUT2D eigenvalue weighted by Gasteiger charge is -2.00. The highest BCUT2D eigenvalue weighted by atomic mass is 32.2. The second-order valence-corrected chi connectivity index (χ2v) is 5.70. The lowest BCUT2D eigenvalue weighted by atomic mass is 10.1. The summed E-state index contributed by atoms with van der Waals surface area (Å²) in [6.07, 6.45) is 1.60. The molecule has 3 rings (SSSR count). The molecule has 0 saturated carbocycles. The fourth-order valence-electron chi connectivity index (χ4n) is 2.03. The Balaban J connectivity index is 1.81. The van der Waals surface area contributed by atoms with Gasteiger partial charge in [0.1, 0.15) is 11.5 Å². The minimum absolute atomic E-state index is 0.228. The zero-order valence-corrected chi connectivity index (χ0v) is 12.9. The van der Waals surface area contributed by atoms with Crippen molar-refractivity contribution < 1.29 is 18.7 Å². The number of aliphatic imine (C=N–C) groups is 1. The van der Waals surface area contributed by atoms with Gasteiger partial charge in [-0.05, 0) is 36.0 Å². The van der Waals surface area contributed by atoms with Gasteiger partial charge in [-0.3, -0.25) is 4.79 Å². The maximum atomic E-state index is 11.6. The van der Waals surface area contributed by atoms with E-state index in [1.165, 1.54) is 7.11 Å². The van der Waals surface area contributed by atoms with Crippen molar-refractivity contribution in [3.8, 4) is 11.3 Å². The summed E-state index contributed by atoms with van der Waals surface area (Å²) in [6.45, 7) is 0. The average Bonchev–Trinajstić information content (AvgIpc) is 3.14. The van der Waals surface area contributed by atoms with Crippen LogP contribution in [0.4, 0.5) is 0 Å². The van der Waals surface area contributed by atoms with Crippen molar-refractivity contribution in [1.82, 2.24) is 0 Å². The molecule has 23 heavy (non-hydrogen) atoms. The summed E-state index contributed by atoms with van der Waals surface area (Å²) in [5.41, 5.74) is 6.77. The van der Waals surface area contributed by atoms with Gasteiger partial charge in [0.15, 0.2) is 5.17 Å². The van der Waals surface area contributed by atoms with E-state index in [-0.39, 0.29) is 11.1 Å². The first kappa shape index (κ1) is 15.1. The Morgan fingerprint density at radius 2 is 2.00 bits per heavy atom. The van der Waals surface area contributed by atoms with Crippen molar-refractivity contribution in [2.24, 2.45) is 10.7 Å². The summed E-state index contributed by atoms with van der Waals surface area (Å²) in [5.74, 6) is 0.388. The third-order valence-electron chi connectivity index (χ3n) is 3.13. The first-order chi connectivity index (χ1) is 11.1. The number of rotatable bonds is 3. The lowest BCUT2D eigenvalue weighted by Crippen LogP contribution is -2.01. The number of furan rings is 1. The van der Waals surface area contributed by atoms with Crippen molar-refractivity contribution >= 4 is 34.9 Å². The Morgan fingerprint density at radius 1 is 1.26 bits per heavy atom. The fraction of sp³-hybridized carbons (Fsp3) is 0.0625. The van der Waals surface area contributed by atoms with Crippen LogP contribution in [-0.2, 0) is 9.53 Å². The van der Waals surface area contributed by atoms with Crippen molar-refractivity contribution in [2.75, 3.05) is 7.11 Å². The van der Waals surface area contributed by atoms with Crippen molar-refractivity contribution in [1.29, 1.82) is 0 Å². The molecular formula is C16H12N2O4S. The van der Waals surface area contributed by atoms with Gasteiger partial charge in [-0.2, -0.15) is 4.99 Å². The number of carbonyl (C=O) groups excluding carboxylic acids is 2. The summed E-state index contributed by atoms with van der Waals surface area (Å²) in [7, 11) is 1.33. The van der Waals surface area contributed by atoms with Gasteiger partial charge in [0, 0.05) is 11.6 Å². The van der Waals surface area contributed by atoms with Crippen LogP contribution in [-0.4, -0.2) is 24.2 Å². The van der Waals surface area contributed by atoms with E-state index in [4.69, 9.17) is 10.2 Å². The summed E-state index contributed by atoms with van der Waals surface area (Å²) >= 11 is 1.11. The van der Waals surface area contributed by atoms with Gasteiger partial charge in [-0.1, -0.05) is 12.1 Å². The lowest BCUT2D eigenvalue weighted by molar-refractivity contribution is -0.113. The predicted octanol–water partition coefficient (Wildman–Crippen LogP) is 2.66. The SMILES string of the molecule is COC(=O)c1ccc(-c2ccc(/C=C3\SC(N)=NC3=O)o2)cc1. The van der Waals surface area contributed by atoms with Crippen LogP contribution >= 0.6 is 11.8 Å². The molecule has 1 amide bonds. The summed E-state index contributed by atoms with van der Waals surface area (Å²) in [6, 6.07) is 10.4. The standard InChI is InChI=1S/C16H12N2O4S/c1-21-15(20)10-4-2-9(3-5-10)12-7-6-11(22-12)8-13-14(19)18-16(17)23-13/h2-8H,1H3,(H2,17,18,19)/b13-8-. The van der Waals surface area contributed by atoms with Crippen LogP contribution < -0.4 is 5.73 Å². The highest BCUT2D eigenvalue weighted by Crippen LogP contribution is 2.29. The number of hydrogen-bond acceptors (Lipinski definition) is 6. The maximum Gasteiger partial charge on any atom is 0.337 e. The Bertz CT molecular complexity index is 834. The number of ether oxygens (including phenoxy) is 1. The molecule has 6 nitrogen and oxygen atoms in total. The molecule has 0 saturated heterocycles. The number of benzene rings is 1. The minimum Gasteiger partial charge on any atom is -0.465 e. The first-order valence-electron chi connectivity index (χ1n) is 6.63. The van der Waals surface area contributed by atoms with E-state index in [9.17, 15) is 9.59 Å². The summed E-state index contributed by atoms with van der Waals surface area (Å²) in [5, 5.41) is 0.228. The smallest absolute Gasteiger partial charge is 0.337 e. The van der Waals surface area contributed by atoms with E-state index in [0.717, 1.165) is 17.3 Å². The highest BCUT2D eigenvalue weighted by molar-refractivity contribution is 8.18. The fourth-order valence-corrected chi connectivity index (χ4v) is 2.69. The molecule has 1 aromatic carbocycles. The monoisotopic (exact) mass is 328 g/mol. The molecule has 2 N–H and O–H groups in total. The Labute approximate surface area is 136 Å². The Hall–Kier alpha value is -2.80. The molecule has 0 atom stereocenters. The largest absolute Gasteiger partial charge is 0.465 e. The molecule has 0 bridgehead atoms. The molecule has 0 radical (unpaired) electrons. The highest BCUT2D eigenvalue weighted by Gasteiger charge is 2.20. The Kier molecular flexibility index (Phi) is 4.03. The van der Waals surface area contributed by atoms with E-state index in [2.05, 4.69) is 9.73 Å². The molecule has 0 fully saturated rings. The number of amidine groups is 1. The average molecular weight is 328 g/mol. The van der Waals surface area contributed by atoms with E-state index in [1.54, 1.807) is 42.5 Å². The van der Waals surface area contributed by atoms with Crippen LogP contribution in [0.3, 0.4) is 0 Å². The molecule has 0 spiro atoms. The van der Waals surface area contributed by atoms with Gasteiger partial charge in [-0.25, -0.2) is 4.79 Å². The van der Waals surface area contributed by atoms with Crippen molar-refractivity contribution in [2.45, 2.75) is 0 Å². The molecule has 1 aliphatic heterocycles. The van der Waals surface area contributed by atoms with Crippen LogP contribution in [0.15, 0.2) is 50.7 Å². The maximum absolute atomic E-state index is 11.6. The van der Waals surface area contributed by atoms with E-state index >= 15 is 0 Å². The molecule has 2 heterocycles. The van der Waals surface area contributed by atoms with Crippen molar-refractivity contribution in [3.63, 3.8) is 0 Å². The van der Waals surface area contributed by atoms with Gasteiger partial charge >= 0.3 is 5.97 Å². The molecular weight excluding hydrogens is 316 g/mol. The van der Waals surface area contributed by atoms with Gasteiger partial charge in [0.05, 0.1) is 17.6 Å². The third kappa shape index (κ3) is 3.19. The van der Waals surface area contributed by atoms with E-state index in [0.29, 0.717) is 22.0 Å². The van der Waals surface area contributed by atoms with Crippen LogP contribution in [0, 0.1) is 0 Å². The number of thioether (sulfide) groups is 1. The molecule has 116 valence electrons. The normalized spacial score (nSPS) is 15.8. The van der Waals surface area contributed by atoms with Crippen LogP contribution in [0.1, 0.15) is 16.1 Å². The predicted molar refractivity (Wildman–Crippen MR) is 87.7 cm³/mol. The number of esters is 1. The zero-order valence-electron chi connectivity index (χ0n) is 12.1. The zero-order chi connectivity index (χ0) is 16.4. The molecule has 0 unspecified atom stereocenters. The van der Waals surface area contributed by atoms with Gasteiger partial charge in [0.2, 0.25) is 0 Å². The number of nitrogens with zero attached hydrogens (tertiary/aromatic N) is 1. The molecule has 7 heteroatoms. The first-order valence-corrected chi connectivity index (χ1v) is 7.45. The summed E-state index contributed by atoms with van der Waals surface area (Å²) in [4.78, 5) is 27.0. The quantitative estimate of drug-likeness (QED) is 0.687. The topological polar surface area (TPSA) is 94.9 Å². The van der Waals surface area contributed by atoms with Crippen LogP contribution in [0.5, 0.6) is 0 Å². The number of amides is 1. The molecule has 1 aromatic heterocycles. The Morgan fingerprint density at radius 3 is 2.61 bits per heavy atom. The number of hydrogen-bond donors (Lipinski definition) is 1. The third-order valence-corrected chi connectivity index (χ3v) is 3.94. The van der Waals surface area contributed by atoms with E-state index in [1.807, 2.05) is 0 Å². The molecule has 2 aromatic rings. The van der Waals surface area contributed by atoms with Gasteiger partial charge < -0.3 is 14.9 Å². The second kappa shape index (κ2) is 6.13. The molecule has 0 aliphatic carbocycles. The number of methoxy groups -OCH3 is 1. The van der Waals surface area contributed by atoms with Crippen LogP contribution in [0.2, 0.25) is 0 Å². The second-order valence-electron chi connectivity index (χ2n) is 4.64. The summed E-state index contributed by atoms with van der Waals surface area (Å²) < 4.78 is 10.3. The minimum atomic E-state index is -0.393. The number of nitrogens with two attached hydrogens (primary N) is 1. The number of carbonyl (C=O) groups is 2. The van der Waals surface area contributed by atoms with Crippen molar-refractivity contribution in [3.05, 3.63) is 52.6 Å². The van der Waals surface area contributed by atoms with Gasteiger partial charge in [0.25, 0.3) is 5.91 Å². The van der Waals surface area contributed by atoms with Crippen LogP contribution in [0.25, 0.3) is 17.4 Å². The molecule has 1 aliphatic rings.